The zero-order chi connectivity index (χ0) is 13.9. The number of aromatic nitrogens is 1. The van der Waals surface area contributed by atoms with Crippen molar-refractivity contribution in [1.29, 1.82) is 0 Å². The third-order valence-electron chi connectivity index (χ3n) is 3.83. The molecule has 1 atom stereocenters. The number of hydrogen-bond donors (Lipinski definition) is 2. The van der Waals surface area contributed by atoms with Gasteiger partial charge in [0, 0.05) is 18.4 Å². The summed E-state index contributed by atoms with van der Waals surface area (Å²) in [5, 5.41) is 6.33. The zero-order valence-corrected chi connectivity index (χ0v) is 12.0. The molecule has 1 aliphatic rings. The van der Waals surface area contributed by atoms with Gasteiger partial charge in [-0.25, -0.2) is 0 Å². The smallest absolute Gasteiger partial charge is 0.237 e. The molecule has 2 N–H and O–H groups in total. The molecule has 0 radical (unpaired) electrons. The molecule has 1 aliphatic heterocycles. The first kappa shape index (κ1) is 14.0. The molecule has 1 aromatic heterocycles. The van der Waals surface area contributed by atoms with Gasteiger partial charge in [-0.1, -0.05) is 19.9 Å². The van der Waals surface area contributed by atoms with E-state index >= 15 is 0 Å². The summed E-state index contributed by atoms with van der Waals surface area (Å²) in [7, 11) is 0. The van der Waals surface area contributed by atoms with Crippen LogP contribution in [-0.4, -0.2) is 23.5 Å². The van der Waals surface area contributed by atoms with Crippen LogP contribution >= 0.6 is 0 Å². The van der Waals surface area contributed by atoms with Crippen LogP contribution in [-0.2, 0) is 11.3 Å². The average molecular weight is 261 g/mol. The Morgan fingerprint density at radius 3 is 2.95 bits per heavy atom. The minimum absolute atomic E-state index is 0.0217. The van der Waals surface area contributed by atoms with Gasteiger partial charge in [-0.3, -0.25) is 9.78 Å². The van der Waals surface area contributed by atoms with E-state index < -0.39 is 0 Å². The summed E-state index contributed by atoms with van der Waals surface area (Å²) in [6.45, 7) is 7.72. The number of nitrogens with zero attached hydrogens (tertiary/aromatic N) is 1. The minimum Gasteiger partial charge on any atom is -0.351 e. The van der Waals surface area contributed by atoms with Gasteiger partial charge in [-0.15, -0.1) is 0 Å². The first-order chi connectivity index (χ1) is 8.99. The van der Waals surface area contributed by atoms with Crippen molar-refractivity contribution < 1.29 is 4.79 Å². The largest absolute Gasteiger partial charge is 0.351 e. The Morgan fingerprint density at radius 2 is 2.32 bits per heavy atom. The van der Waals surface area contributed by atoms with Crippen LogP contribution in [0.1, 0.15) is 37.9 Å². The number of hydrogen-bond acceptors (Lipinski definition) is 3. The highest BCUT2D eigenvalue weighted by Gasteiger charge is 2.36. The number of aryl methyl sites for hydroxylation is 1. The molecule has 1 amide bonds. The van der Waals surface area contributed by atoms with Crippen molar-refractivity contribution in [2.24, 2.45) is 5.41 Å². The van der Waals surface area contributed by atoms with Crippen molar-refractivity contribution in [1.82, 2.24) is 15.6 Å². The van der Waals surface area contributed by atoms with Crippen LogP contribution in [0.3, 0.4) is 0 Å². The maximum absolute atomic E-state index is 12.3. The topological polar surface area (TPSA) is 54.0 Å². The van der Waals surface area contributed by atoms with Gasteiger partial charge in [0.1, 0.15) is 0 Å². The standard InChI is InChI=1S/C15H23N3O/c1-11-5-6-12(9-17-11)10-18-14(19)13-15(2,3)7-4-8-16-13/h5-6,9,13,16H,4,7-8,10H2,1-3H3,(H,18,19). The third kappa shape index (κ3) is 3.53. The molecule has 1 unspecified atom stereocenters. The molecule has 4 nitrogen and oxygen atoms in total. The Morgan fingerprint density at radius 1 is 1.53 bits per heavy atom. The molecule has 4 heteroatoms. The molecule has 2 rings (SSSR count). The molecule has 0 spiro atoms. The van der Waals surface area contributed by atoms with E-state index in [0.29, 0.717) is 6.54 Å². The maximum atomic E-state index is 12.3. The van der Waals surface area contributed by atoms with Crippen molar-refractivity contribution in [3.05, 3.63) is 29.6 Å². The van der Waals surface area contributed by atoms with E-state index in [9.17, 15) is 4.79 Å². The van der Waals surface area contributed by atoms with Gasteiger partial charge in [-0.2, -0.15) is 0 Å². The molecule has 2 heterocycles. The molecule has 0 saturated carbocycles. The van der Waals surface area contributed by atoms with Gasteiger partial charge in [0.05, 0.1) is 6.04 Å². The van der Waals surface area contributed by atoms with Crippen LogP contribution in [0.4, 0.5) is 0 Å². The Bertz CT molecular complexity index is 439. The second-order valence-corrected chi connectivity index (χ2v) is 6.00. The third-order valence-corrected chi connectivity index (χ3v) is 3.83. The molecule has 104 valence electrons. The van der Waals surface area contributed by atoms with Crippen molar-refractivity contribution in [3.8, 4) is 0 Å². The molecular formula is C15H23N3O. The highest BCUT2D eigenvalue weighted by molar-refractivity contribution is 5.82. The summed E-state index contributed by atoms with van der Waals surface area (Å²) < 4.78 is 0. The SMILES string of the molecule is Cc1ccc(CNC(=O)C2NCCCC2(C)C)cn1. The van der Waals surface area contributed by atoms with Gasteiger partial charge in [0.15, 0.2) is 0 Å². The lowest BCUT2D eigenvalue weighted by Gasteiger charge is -2.38. The molecule has 0 aromatic carbocycles. The normalized spacial score (nSPS) is 21.9. The maximum Gasteiger partial charge on any atom is 0.237 e. The van der Waals surface area contributed by atoms with Crippen LogP contribution in [0.25, 0.3) is 0 Å². The first-order valence-corrected chi connectivity index (χ1v) is 6.92. The van der Waals surface area contributed by atoms with Gasteiger partial charge < -0.3 is 10.6 Å². The Balaban J connectivity index is 1.92. The number of nitrogens with one attached hydrogen (secondary N) is 2. The zero-order valence-electron chi connectivity index (χ0n) is 12.0. The Kier molecular flexibility index (Phi) is 4.20. The van der Waals surface area contributed by atoms with Gasteiger partial charge in [0.25, 0.3) is 0 Å². The number of carbonyl (C=O) groups is 1. The fraction of sp³-hybridized carbons (Fsp3) is 0.600. The highest BCUT2D eigenvalue weighted by atomic mass is 16.2. The van der Waals surface area contributed by atoms with Crippen LogP contribution in [0.2, 0.25) is 0 Å². The van der Waals surface area contributed by atoms with E-state index in [0.717, 1.165) is 30.6 Å². The first-order valence-electron chi connectivity index (χ1n) is 6.92. The van der Waals surface area contributed by atoms with E-state index in [1.54, 1.807) is 0 Å². The van der Waals surface area contributed by atoms with E-state index in [4.69, 9.17) is 0 Å². The summed E-state index contributed by atoms with van der Waals surface area (Å²) in [6, 6.07) is 3.87. The van der Waals surface area contributed by atoms with Crippen LogP contribution in [0.15, 0.2) is 18.3 Å². The number of piperidine rings is 1. The molecule has 1 saturated heterocycles. The second kappa shape index (κ2) is 5.70. The summed E-state index contributed by atoms with van der Waals surface area (Å²) >= 11 is 0. The molecule has 0 aliphatic carbocycles. The summed E-state index contributed by atoms with van der Waals surface area (Å²) in [5.41, 5.74) is 2.05. The van der Waals surface area contributed by atoms with E-state index in [1.807, 2.05) is 25.3 Å². The van der Waals surface area contributed by atoms with E-state index in [-0.39, 0.29) is 17.4 Å². The predicted molar refractivity (Wildman–Crippen MR) is 75.6 cm³/mol. The van der Waals surface area contributed by atoms with Gasteiger partial charge >= 0.3 is 0 Å². The summed E-state index contributed by atoms with van der Waals surface area (Å²) in [6.07, 6.45) is 4.04. The number of amides is 1. The second-order valence-electron chi connectivity index (χ2n) is 6.00. The lowest BCUT2D eigenvalue weighted by Crippen LogP contribution is -2.55. The minimum atomic E-state index is -0.0975. The monoisotopic (exact) mass is 261 g/mol. The molecule has 1 fully saturated rings. The van der Waals surface area contributed by atoms with Crippen LogP contribution in [0, 0.1) is 12.3 Å². The lowest BCUT2D eigenvalue weighted by molar-refractivity contribution is -0.126. The van der Waals surface area contributed by atoms with Crippen molar-refractivity contribution in [3.63, 3.8) is 0 Å². The summed E-state index contributed by atoms with van der Waals surface area (Å²) in [5.74, 6) is 0.0882. The quantitative estimate of drug-likeness (QED) is 0.872. The van der Waals surface area contributed by atoms with Crippen LogP contribution < -0.4 is 10.6 Å². The van der Waals surface area contributed by atoms with Crippen LogP contribution in [0.5, 0.6) is 0 Å². The van der Waals surface area contributed by atoms with Crippen molar-refractivity contribution >= 4 is 5.91 Å². The predicted octanol–water partition coefficient (Wildman–Crippen LogP) is 1.78. The Hall–Kier alpha value is -1.42. The lowest BCUT2D eigenvalue weighted by atomic mass is 9.77. The fourth-order valence-electron chi connectivity index (χ4n) is 2.55. The molecule has 0 bridgehead atoms. The number of rotatable bonds is 3. The van der Waals surface area contributed by atoms with E-state index in [1.165, 1.54) is 0 Å². The fourth-order valence-corrected chi connectivity index (χ4v) is 2.55. The van der Waals surface area contributed by atoms with E-state index in [2.05, 4.69) is 29.5 Å². The molecular weight excluding hydrogens is 238 g/mol. The Labute approximate surface area is 115 Å². The molecule has 1 aromatic rings. The van der Waals surface area contributed by atoms with Crippen molar-refractivity contribution in [2.75, 3.05) is 6.54 Å². The summed E-state index contributed by atoms with van der Waals surface area (Å²) in [4.78, 5) is 16.5. The number of carbonyl (C=O) groups excluding carboxylic acids is 1. The van der Waals surface area contributed by atoms with Crippen molar-refractivity contribution in [2.45, 2.75) is 46.2 Å². The number of pyridine rings is 1. The van der Waals surface area contributed by atoms with Gasteiger partial charge in [-0.05, 0) is 43.4 Å². The van der Waals surface area contributed by atoms with Gasteiger partial charge in [0.2, 0.25) is 5.91 Å². The molecule has 19 heavy (non-hydrogen) atoms. The average Bonchev–Trinajstić information content (AvgIpc) is 2.37. The highest BCUT2D eigenvalue weighted by Crippen LogP contribution is 2.30.